The maximum absolute atomic E-state index is 11.9. The summed E-state index contributed by atoms with van der Waals surface area (Å²) in [4.78, 5) is 30.0. The molecule has 0 radical (unpaired) electrons. The number of hydrogen-bond acceptors (Lipinski definition) is 6. The Morgan fingerprint density at radius 1 is 1.25 bits per heavy atom. The number of nitro groups is 1. The summed E-state index contributed by atoms with van der Waals surface area (Å²) in [5.41, 5.74) is 0.594. The number of carbonyl (C=O) groups excluding carboxylic acids is 1. The zero-order valence-corrected chi connectivity index (χ0v) is 14.5. The van der Waals surface area contributed by atoms with Gasteiger partial charge >= 0.3 is 5.97 Å². The summed E-state index contributed by atoms with van der Waals surface area (Å²) in [6, 6.07) is 6.76. The van der Waals surface area contributed by atoms with Gasteiger partial charge in [0.1, 0.15) is 0 Å². The molecule has 7 nitrogen and oxygen atoms in total. The first kappa shape index (κ1) is 18.4. The van der Waals surface area contributed by atoms with Crippen LogP contribution in [0.25, 0.3) is 0 Å². The van der Waals surface area contributed by atoms with Crippen LogP contribution in [0.3, 0.4) is 0 Å². The molecule has 0 unspecified atom stereocenters. The second-order valence-electron chi connectivity index (χ2n) is 7.08. The molecule has 24 heavy (non-hydrogen) atoms. The van der Waals surface area contributed by atoms with Crippen molar-refractivity contribution in [3.63, 3.8) is 0 Å². The first-order valence-electron chi connectivity index (χ1n) is 8.19. The maximum atomic E-state index is 11.9. The first-order chi connectivity index (χ1) is 11.3. The lowest BCUT2D eigenvalue weighted by atomic mass is 9.98. The number of carbonyl (C=O) groups is 1. The van der Waals surface area contributed by atoms with Crippen LogP contribution in [-0.4, -0.2) is 53.6 Å². The van der Waals surface area contributed by atoms with Gasteiger partial charge < -0.3 is 9.74 Å². The molecule has 1 aliphatic rings. The van der Waals surface area contributed by atoms with E-state index in [9.17, 15) is 14.9 Å². The monoisotopic (exact) mass is 335 g/mol. The second-order valence-corrected chi connectivity index (χ2v) is 7.08. The SMILES string of the molecule is CC(C)(C)C(=O)ON1CCN(CCc2cccc([N+](=O)[O-])c2)CC1. The first-order valence-corrected chi connectivity index (χ1v) is 8.19. The number of non-ortho nitro benzene ring substituents is 1. The second kappa shape index (κ2) is 7.72. The van der Waals surface area contributed by atoms with Crippen LogP contribution >= 0.6 is 0 Å². The summed E-state index contributed by atoms with van der Waals surface area (Å²) in [5.74, 6) is -0.215. The van der Waals surface area contributed by atoms with Gasteiger partial charge in [-0.05, 0) is 32.8 Å². The maximum Gasteiger partial charge on any atom is 0.330 e. The zero-order chi connectivity index (χ0) is 17.7. The van der Waals surface area contributed by atoms with E-state index < -0.39 is 5.41 Å². The topological polar surface area (TPSA) is 75.9 Å². The highest BCUT2D eigenvalue weighted by atomic mass is 16.7. The highest BCUT2D eigenvalue weighted by Gasteiger charge is 2.27. The number of piperazine rings is 1. The molecule has 0 spiro atoms. The van der Waals surface area contributed by atoms with E-state index in [1.807, 2.05) is 26.8 Å². The highest BCUT2D eigenvalue weighted by Crippen LogP contribution is 2.17. The molecule has 0 bridgehead atoms. The lowest BCUT2D eigenvalue weighted by Gasteiger charge is -2.34. The van der Waals surface area contributed by atoms with Crippen molar-refractivity contribution < 1.29 is 14.6 Å². The fourth-order valence-corrected chi connectivity index (χ4v) is 2.41. The lowest BCUT2D eigenvalue weighted by molar-refractivity contribution is -0.384. The Morgan fingerprint density at radius 3 is 2.50 bits per heavy atom. The van der Waals surface area contributed by atoms with Crippen molar-refractivity contribution in [3.05, 3.63) is 39.9 Å². The average molecular weight is 335 g/mol. The average Bonchev–Trinajstić information content (AvgIpc) is 2.53. The van der Waals surface area contributed by atoms with Crippen molar-refractivity contribution in [3.8, 4) is 0 Å². The van der Waals surface area contributed by atoms with E-state index >= 15 is 0 Å². The molecule has 1 aromatic rings. The van der Waals surface area contributed by atoms with E-state index in [0.29, 0.717) is 13.1 Å². The molecular formula is C17H25N3O4. The van der Waals surface area contributed by atoms with Crippen molar-refractivity contribution in [2.24, 2.45) is 5.41 Å². The third-order valence-electron chi connectivity index (χ3n) is 3.99. The Balaban J connectivity index is 1.76. The highest BCUT2D eigenvalue weighted by molar-refractivity contribution is 5.75. The van der Waals surface area contributed by atoms with E-state index in [0.717, 1.165) is 31.6 Å². The van der Waals surface area contributed by atoms with Gasteiger partial charge in [0.25, 0.3) is 5.69 Å². The molecule has 1 fully saturated rings. The summed E-state index contributed by atoms with van der Waals surface area (Å²) in [5, 5.41) is 12.5. The van der Waals surface area contributed by atoms with E-state index in [2.05, 4.69) is 4.90 Å². The zero-order valence-electron chi connectivity index (χ0n) is 14.5. The molecule has 0 saturated carbocycles. The molecule has 132 valence electrons. The molecule has 0 amide bonds. The van der Waals surface area contributed by atoms with Gasteiger partial charge in [0.05, 0.1) is 10.3 Å². The van der Waals surface area contributed by atoms with Gasteiger partial charge in [-0.2, -0.15) is 0 Å². The molecular weight excluding hydrogens is 310 g/mol. The van der Waals surface area contributed by atoms with Crippen molar-refractivity contribution in [1.29, 1.82) is 0 Å². The van der Waals surface area contributed by atoms with Crippen LogP contribution in [0.15, 0.2) is 24.3 Å². The molecule has 1 aliphatic heterocycles. The summed E-state index contributed by atoms with van der Waals surface area (Å²) in [7, 11) is 0. The van der Waals surface area contributed by atoms with Crippen molar-refractivity contribution >= 4 is 11.7 Å². The minimum absolute atomic E-state index is 0.131. The summed E-state index contributed by atoms with van der Waals surface area (Å²) < 4.78 is 0. The largest absolute Gasteiger partial charge is 0.367 e. The van der Waals surface area contributed by atoms with Crippen molar-refractivity contribution in [2.45, 2.75) is 27.2 Å². The van der Waals surface area contributed by atoms with Gasteiger partial charge in [-0.1, -0.05) is 12.1 Å². The summed E-state index contributed by atoms with van der Waals surface area (Å²) in [6.45, 7) is 9.33. The van der Waals surface area contributed by atoms with Gasteiger partial charge in [-0.3, -0.25) is 10.1 Å². The normalized spacial score (nSPS) is 16.8. The quantitative estimate of drug-likeness (QED) is 0.607. The van der Waals surface area contributed by atoms with Crippen LogP contribution in [-0.2, 0) is 16.1 Å². The van der Waals surface area contributed by atoms with Crippen LogP contribution in [0.2, 0.25) is 0 Å². The molecule has 1 saturated heterocycles. The number of hydroxylamine groups is 2. The minimum atomic E-state index is -0.501. The Labute approximate surface area is 142 Å². The van der Waals surface area contributed by atoms with Gasteiger partial charge in [-0.15, -0.1) is 5.06 Å². The molecule has 1 heterocycles. The van der Waals surface area contributed by atoms with Crippen LogP contribution in [0, 0.1) is 15.5 Å². The molecule has 2 rings (SSSR count). The van der Waals surface area contributed by atoms with Gasteiger partial charge in [0, 0.05) is 44.9 Å². The van der Waals surface area contributed by atoms with Crippen molar-refractivity contribution in [2.75, 3.05) is 32.7 Å². The third kappa shape index (κ3) is 5.28. The molecule has 0 aromatic heterocycles. The van der Waals surface area contributed by atoms with Crippen LogP contribution < -0.4 is 0 Å². The van der Waals surface area contributed by atoms with Crippen molar-refractivity contribution in [1.82, 2.24) is 9.96 Å². The molecule has 0 atom stereocenters. The minimum Gasteiger partial charge on any atom is -0.367 e. The molecule has 0 N–H and O–H groups in total. The fraction of sp³-hybridized carbons (Fsp3) is 0.588. The van der Waals surface area contributed by atoms with Crippen LogP contribution in [0.4, 0.5) is 5.69 Å². The third-order valence-corrected chi connectivity index (χ3v) is 3.99. The van der Waals surface area contributed by atoms with Gasteiger partial charge in [0.15, 0.2) is 0 Å². The van der Waals surface area contributed by atoms with E-state index in [1.165, 1.54) is 6.07 Å². The lowest BCUT2D eigenvalue weighted by Crippen LogP contribution is -2.48. The number of nitrogens with zero attached hydrogens (tertiary/aromatic N) is 3. The molecule has 1 aromatic carbocycles. The van der Waals surface area contributed by atoms with E-state index in [4.69, 9.17) is 4.84 Å². The Kier molecular flexibility index (Phi) is 5.90. The predicted octanol–water partition coefficient (Wildman–Crippen LogP) is 2.26. The van der Waals surface area contributed by atoms with E-state index in [-0.39, 0.29) is 16.6 Å². The number of hydrogen-bond donors (Lipinski definition) is 0. The van der Waals surface area contributed by atoms with Gasteiger partial charge in [0.2, 0.25) is 0 Å². The summed E-state index contributed by atoms with van der Waals surface area (Å²) in [6.07, 6.45) is 0.767. The van der Waals surface area contributed by atoms with Crippen LogP contribution in [0.5, 0.6) is 0 Å². The Morgan fingerprint density at radius 2 is 1.92 bits per heavy atom. The number of rotatable bonds is 5. The van der Waals surface area contributed by atoms with Crippen LogP contribution in [0.1, 0.15) is 26.3 Å². The fourth-order valence-electron chi connectivity index (χ4n) is 2.41. The Hall–Kier alpha value is -1.99. The number of benzene rings is 1. The predicted molar refractivity (Wildman–Crippen MR) is 90.4 cm³/mol. The van der Waals surface area contributed by atoms with E-state index in [1.54, 1.807) is 17.2 Å². The van der Waals surface area contributed by atoms with Gasteiger partial charge in [-0.25, -0.2) is 4.79 Å². The molecule has 0 aliphatic carbocycles. The molecule has 7 heteroatoms. The number of nitro benzene ring substituents is 1. The standard InChI is InChI=1S/C17H25N3O4/c1-17(2,3)16(21)24-19-11-9-18(10-12-19)8-7-14-5-4-6-15(13-14)20(22)23/h4-6,13H,7-12H2,1-3H3. The Bertz CT molecular complexity index is 590. The summed E-state index contributed by atoms with van der Waals surface area (Å²) >= 11 is 0. The smallest absolute Gasteiger partial charge is 0.330 e.